The van der Waals surface area contributed by atoms with Gasteiger partial charge in [-0.2, -0.15) is 0 Å². The maximum Gasteiger partial charge on any atom is 0.245 e. The van der Waals surface area contributed by atoms with Gasteiger partial charge in [0.2, 0.25) is 11.8 Å². The molecule has 0 unspecified atom stereocenters. The number of ether oxygens (including phenoxy) is 1. The highest BCUT2D eigenvalue weighted by Crippen LogP contribution is 2.04. The third-order valence-electron chi connectivity index (χ3n) is 2.93. The van der Waals surface area contributed by atoms with Crippen LogP contribution in [0.1, 0.15) is 25.0 Å². The van der Waals surface area contributed by atoms with Gasteiger partial charge < -0.3 is 15.4 Å². The Balaban J connectivity index is 2.52. The molecule has 0 spiro atoms. The van der Waals surface area contributed by atoms with E-state index in [4.69, 9.17) is 4.74 Å². The summed E-state index contributed by atoms with van der Waals surface area (Å²) in [6.07, 6.45) is 0.991. The average Bonchev–Trinajstić information content (AvgIpc) is 2.44. The number of amides is 2. The number of hydrogen-bond donors (Lipinski definition) is 2. The van der Waals surface area contributed by atoms with Crippen molar-refractivity contribution in [2.75, 3.05) is 13.7 Å². The van der Waals surface area contributed by atoms with E-state index in [-0.39, 0.29) is 18.4 Å². The first-order chi connectivity index (χ1) is 9.56. The van der Waals surface area contributed by atoms with Gasteiger partial charge >= 0.3 is 0 Å². The van der Waals surface area contributed by atoms with Crippen LogP contribution in [0.4, 0.5) is 0 Å². The SMILES string of the molecule is CCc1ccc(CNC(=O)[C@@H](COC)NC(C)=O)cc1. The number of hydrogen-bond acceptors (Lipinski definition) is 3. The van der Waals surface area contributed by atoms with Crippen LogP contribution in [-0.2, 0) is 27.3 Å². The van der Waals surface area contributed by atoms with Crippen molar-refractivity contribution in [2.45, 2.75) is 32.9 Å². The van der Waals surface area contributed by atoms with E-state index < -0.39 is 6.04 Å². The number of nitrogens with one attached hydrogen (secondary N) is 2. The van der Waals surface area contributed by atoms with Crippen molar-refractivity contribution in [1.82, 2.24) is 10.6 Å². The molecule has 20 heavy (non-hydrogen) atoms. The molecule has 0 heterocycles. The minimum atomic E-state index is -0.660. The molecule has 110 valence electrons. The molecule has 1 atom stereocenters. The van der Waals surface area contributed by atoms with Crippen molar-refractivity contribution in [2.24, 2.45) is 0 Å². The van der Waals surface area contributed by atoms with Crippen LogP contribution in [0.15, 0.2) is 24.3 Å². The predicted octanol–water partition coefficient (Wildman–Crippen LogP) is 1.02. The van der Waals surface area contributed by atoms with Gasteiger partial charge in [0.1, 0.15) is 6.04 Å². The van der Waals surface area contributed by atoms with Crippen molar-refractivity contribution >= 4 is 11.8 Å². The first kappa shape index (κ1) is 16.2. The van der Waals surface area contributed by atoms with E-state index in [9.17, 15) is 9.59 Å². The molecule has 0 aliphatic carbocycles. The maximum absolute atomic E-state index is 12.0. The number of carbonyl (C=O) groups excluding carboxylic acids is 2. The normalized spacial score (nSPS) is 11.8. The molecule has 0 saturated heterocycles. The molecule has 1 aromatic carbocycles. The third-order valence-corrected chi connectivity index (χ3v) is 2.93. The molecule has 5 heteroatoms. The van der Waals surface area contributed by atoms with Gasteiger partial charge in [0, 0.05) is 20.6 Å². The lowest BCUT2D eigenvalue weighted by Crippen LogP contribution is -2.48. The molecule has 2 N–H and O–H groups in total. The van der Waals surface area contributed by atoms with Crippen LogP contribution in [0.25, 0.3) is 0 Å². The highest BCUT2D eigenvalue weighted by Gasteiger charge is 2.18. The summed E-state index contributed by atoms with van der Waals surface area (Å²) in [4.78, 5) is 23.0. The van der Waals surface area contributed by atoms with Gasteiger partial charge in [0.25, 0.3) is 0 Å². The van der Waals surface area contributed by atoms with Crippen molar-refractivity contribution in [1.29, 1.82) is 0 Å². The monoisotopic (exact) mass is 278 g/mol. The summed E-state index contributed by atoms with van der Waals surface area (Å²) in [5.41, 5.74) is 2.28. The Hall–Kier alpha value is -1.88. The van der Waals surface area contributed by atoms with E-state index in [2.05, 4.69) is 17.6 Å². The standard InChI is InChI=1S/C15H22N2O3/c1-4-12-5-7-13(8-6-12)9-16-15(19)14(10-20-3)17-11(2)18/h5-8,14H,4,9-10H2,1-3H3,(H,16,19)(H,17,18)/t14-/m1/s1. The van der Waals surface area contributed by atoms with Gasteiger partial charge in [-0.1, -0.05) is 31.2 Å². The van der Waals surface area contributed by atoms with Crippen LogP contribution in [0.3, 0.4) is 0 Å². The van der Waals surface area contributed by atoms with Crippen LogP contribution in [0, 0.1) is 0 Å². The van der Waals surface area contributed by atoms with Crippen molar-refractivity contribution < 1.29 is 14.3 Å². The molecule has 0 radical (unpaired) electrons. The van der Waals surface area contributed by atoms with Crippen molar-refractivity contribution in [3.8, 4) is 0 Å². The van der Waals surface area contributed by atoms with E-state index in [1.165, 1.54) is 19.6 Å². The summed E-state index contributed by atoms with van der Waals surface area (Å²) in [5, 5.41) is 5.35. The van der Waals surface area contributed by atoms with Crippen molar-refractivity contribution in [3.05, 3.63) is 35.4 Å². The molecule has 0 aliphatic heterocycles. The fourth-order valence-corrected chi connectivity index (χ4v) is 1.80. The Bertz CT molecular complexity index is 443. The molecule has 0 aliphatic rings. The molecule has 0 saturated carbocycles. The fraction of sp³-hybridized carbons (Fsp3) is 0.467. The second kappa shape index (κ2) is 8.32. The lowest BCUT2D eigenvalue weighted by molar-refractivity contribution is -0.129. The Kier molecular flexibility index (Phi) is 6.73. The highest BCUT2D eigenvalue weighted by atomic mass is 16.5. The zero-order valence-electron chi connectivity index (χ0n) is 12.2. The maximum atomic E-state index is 12.0. The zero-order valence-corrected chi connectivity index (χ0v) is 12.2. The van der Waals surface area contributed by atoms with Gasteiger partial charge in [0.15, 0.2) is 0 Å². The minimum Gasteiger partial charge on any atom is -0.382 e. The molecule has 0 aromatic heterocycles. The number of carbonyl (C=O) groups is 2. The third kappa shape index (κ3) is 5.40. The number of rotatable bonds is 7. The summed E-state index contributed by atoms with van der Waals surface area (Å²) in [7, 11) is 1.49. The van der Waals surface area contributed by atoms with Crippen LogP contribution < -0.4 is 10.6 Å². The van der Waals surface area contributed by atoms with Crippen LogP contribution in [-0.4, -0.2) is 31.6 Å². The van der Waals surface area contributed by atoms with E-state index in [1.807, 2.05) is 24.3 Å². The summed E-state index contributed by atoms with van der Waals surface area (Å²) >= 11 is 0. The van der Waals surface area contributed by atoms with E-state index >= 15 is 0 Å². The van der Waals surface area contributed by atoms with Gasteiger partial charge in [-0.25, -0.2) is 0 Å². The Labute approximate surface area is 119 Å². The molecule has 2 amide bonds. The van der Waals surface area contributed by atoms with Crippen LogP contribution >= 0.6 is 0 Å². The number of methoxy groups -OCH3 is 1. The van der Waals surface area contributed by atoms with Gasteiger partial charge in [-0.3, -0.25) is 9.59 Å². The number of aryl methyl sites for hydroxylation is 1. The molecule has 0 fully saturated rings. The topological polar surface area (TPSA) is 67.4 Å². The largest absolute Gasteiger partial charge is 0.382 e. The van der Waals surface area contributed by atoms with E-state index in [1.54, 1.807) is 0 Å². The average molecular weight is 278 g/mol. The molecule has 1 aromatic rings. The minimum absolute atomic E-state index is 0.153. The van der Waals surface area contributed by atoms with Gasteiger partial charge in [-0.15, -0.1) is 0 Å². The Morgan fingerprint density at radius 2 is 1.80 bits per heavy atom. The van der Waals surface area contributed by atoms with Gasteiger partial charge in [-0.05, 0) is 17.5 Å². The molecule has 0 bridgehead atoms. The van der Waals surface area contributed by atoms with Crippen molar-refractivity contribution in [3.63, 3.8) is 0 Å². The van der Waals surface area contributed by atoms with Crippen LogP contribution in [0.2, 0.25) is 0 Å². The number of benzene rings is 1. The second-order valence-electron chi connectivity index (χ2n) is 4.60. The summed E-state index contributed by atoms with van der Waals surface area (Å²) in [6, 6.07) is 7.41. The zero-order chi connectivity index (χ0) is 15.0. The fourth-order valence-electron chi connectivity index (χ4n) is 1.80. The smallest absolute Gasteiger partial charge is 0.245 e. The summed E-state index contributed by atoms with van der Waals surface area (Å²) in [6.45, 7) is 4.06. The summed E-state index contributed by atoms with van der Waals surface area (Å²) < 4.78 is 4.93. The molecular formula is C15H22N2O3. The molecule has 1 rings (SSSR count). The predicted molar refractivity (Wildman–Crippen MR) is 77.1 cm³/mol. The van der Waals surface area contributed by atoms with E-state index in [0.717, 1.165) is 12.0 Å². The lowest BCUT2D eigenvalue weighted by atomic mass is 10.1. The molecule has 5 nitrogen and oxygen atoms in total. The Morgan fingerprint density at radius 3 is 2.30 bits per heavy atom. The highest BCUT2D eigenvalue weighted by molar-refractivity contribution is 5.86. The quantitative estimate of drug-likeness (QED) is 0.782. The van der Waals surface area contributed by atoms with E-state index in [0.29, 0.717) is 6.54 Å². The Morgan fingerprint density at radius 1 is 1.20 bits per heavy atom. The summed E-state index contributed by atoms with van der Waals surface area (Å²) in [5.74, 6) is -0.504. The van der Waals surface area contributed by atoms with Gasteiger partial charge in [0.05, 0.1) is 6.61 Å². The lowest BCUT2D eigenvalue weighted by Gasteiger charge is -2.16. The van der Waals surface area contributed by atoms with Crippen LogP contribution in [0.5, 0.6) is 0 Å². The first-order valence-corrected chi connectivity index (χ1v) is 6.68. The second-order valence-corrected chi connectivity index (χ2v) is 4.60. The first-order valence-electron chi connectivity index (χ1n) is 6.68. The molecular weight excluding hydrogens is 256 g/mol.